The molecule has 3 rings (SSSR count). The van der Waals surface area contributed by atoms with E-state index in [1.807, 2.05) is 0 Å². The fourth-order valence-corrected chi connectivity index (χ4v) is 5.52. The molecule has 0 radical (unpaired) electrons. The number of nitrogens with two attached hydrogens (primary N) is 1. The van der Waals surface area contributed by atoms with Gasteiger partial charge in [0.05, 0.1) is 12.1 Å². The highest BCUT2D eigenvalue weighted by Crippen LogP contribution is 2.37. The molecule has 3 N–H and O–H groups in total. The SMILES string of the molecule is C[C@@H]1C[C@H](C)CN(CC(=O)Nc2sc3c(c2C(N)=O)CCCC3)C1. The van der Waals surface area contributed by atoms with Crippen LogP contribution in [0.5, 0.6) is 0 Å². The summed E-state index contributed by atoms with van der Waals surface area (Å²) in [5, 5.41) is 3.61. The number of carbonyl (C=O) groups is 2. The Labute approximate surface area is 147 Å². The molecule has 2 atom stereocenters. The van der Waals surface area contributed by atoms with Crippen molar-refractivity contribution in [3.63, 3.8) is 0 Å². The van der Waals surface area contributed by atoms with Crippen LogP contribution in [0.2, 0.25) is 0 Å². The number of nitrogens with one attached hydrogen (secondary N) is 1. The third-order valence-corrected chi connectivity index (χ3v) is 6.19. The molecule has 24 heavy (non-hydrogen) atoms. The van der Waals surface area contributed by atoms with Crippen LogP contribution in [0.15, 0.2) is 0 Å². The van der Waals surface area contributed by atoms with E-state index in [9.17, 15) is 9.59 Å². The highest BCUT2D eigenvalue weighted by atomic mass is 32.1. The molecule has 1 fully saturated rings. The average molecular weight is 350 g/mol. The number of hydrogen-bond acceptors (Lipinski definition) is 4. The summed E-state index contributed by atoms with van der Waals surface area (Å²) in [5.41, 5.74) is 7.19. The minimum absolute atomic E-state index is 0.0441. The van der Waals surface area contributed by atoms with Crippen molar-refractivity contribution in [1.82, 2.24) is 4.90 Å². The third kappa shape index (κ3) is 3.81. The smallest absolute Gasteiger partial charge is 0.251 e. The van der Waals surface area contributed by atoms with Gasteiger partial charge in [-0.25, -0.2) is 0 Å². The lowest BCUT2D eigenvalue weighted by atomic mass is 9.92. The maximum absolute atomic E-state index is 12.5. The van der Waals surface area contributed by atoms with Crippen LogP contribution in [0.25, 0.3) is 0 Å². The second-order valence-electron chi connectivity index (χ2n) is 7.47. The molecule has 0 unspecified atom stereocenters. The molecule has 2 heterocycles. The van der Waals surface area contributed by atoms with Crippen LogP contribution in [0.1, 0.15) is 53.9 Å². The lowest BCUT2D eigenvalue weighted by molar-refractivity contribution is -0.117. The first kappa shape index (κ1) is 17.4. The van der Waals surface area contributed by atoms with Gasteiger partial charge in [-0.05, 0) is 49.5 Å². The van der Waals surface area contributed by atoms with Gasteiger partial charge >= 0.3 is 0 Å². The highest BCUT2D eigenvalue weighted by Gasteiger charge is 2.27. The number of piperidine rings is 1. The minimum Gasteiger partial charge on any atom is -0.365 e. The van der Waals surface area contributed by atoms with E-state index >= 15 is 0 Å². The predicted molar refractivity (Wildman–Crippen MR) is 97.5 cm³/mol. The van der Waals surface area contributed by atoms with E-state index in [1.165, 1.54) is 22.6 Å². The van der Waals surface area contributed by atoms with Crippen LogP contribution >= 0.6 is 11.3 Å². The van der Waals surface area contributed by atoms with Crippen molar-refractivity contribution < 1.29 is 9.59 Å². The summed E-state index contributed by atoms with van der Waals surface area (Å²) < 4.78 is 0. The normalized spacial score (nSPS) is 24.4. The zero-order chi connectivity index (χ0) is 17.3. The number of primary amides is 1. The Morgan fingerprint density at radius 1 is 1.21 bits per heavy atom. The Hall–Kier alpha value is -1.40. The van der Waals surface area contributed by atoms with E-state index in [0.29, 0.717) is 28.9 Å². The third-order valence-electron chi connectivity index (χ3n) is 4.98. The summed E-state index contributed by atoms with van der Waals surface area (Å²) in [7, 11) is 0. The summed E-state index contributed by atoms with van der Waals surface area (Å²) in [4.78, 5) is 27.8. The van der Waals surface area contributed by atoms with Crippen LogP contribution in [-0.2, 0) is 17.6 Å². The monoisotopic (exact) mass is 349 g/mol. The van der Waals surface area contributed by atoms with E-state index in [1.54, 1.807) is 0 Å². The van der Waals surface area contributed by atoms with E-state index in [4.69, 9.17) is 5.73 Å². The molecule has 0 aromatic carbocycles. The number of nitrogens with zero attached hydrogens (tertiary/aromatic N) is 1. The summed E-state index contributed by atoms with van der Waals surface area (Å²) in [5.74, 6) is 0.774. The van der Waals surface area contributed by atoms with Gasteiger partial charge in [0, 0.05) is 18.0 Å². The van der Waals surface area contributed by atoms with Gasteiger partial charge < -0.3 is 11.1 Å². The van der Waals surface area contributed by atoms with Gasteiger partial charge in [0.1, 0.15) is 5.00 Å². The van der Waals surface area contributed by atoms with Crippen LogP contribution < -0.4 is 11.1 Å². The van der Waals surface area contributed by atoms with Crippen molar-refractivity contribution in [3.8, 4) is 0 Å². The molecule has 1 aromatic rings. The topological polar surface area (TPSA) is 75.4 Å². The molecule has 1 saturated heterocycles. The number of anilines is 1. The molecular weight excluding hydrogens is 322 g/mol. The quantitative estimate of drug-likeness (QED) is 0.877. The maximum Gasteiger partial charge on any atom is 0.251 e. The number of amides is 2. The highest BCUT2D eigenvalue weighted by molar-refractivity contribution is 7.17. The van der Waals surface area contributed by atoms with Crippen molar-refractivity contribution in [2.45, 2.75) is 46.0 Å². The van der Waals surface area contributed by atoms with Crippen molar-refractivity contribution in [3.05, 3.63) is 16.0 Å². The summed E-state index contributed by atoms with van der Waals surface area (Å²) in [6.07, 6.45) is 5.32. The van der Waals surface area contributed by atoms with Gasteiger partial charge in [0.15, 0.2) is 0 Å². The maximum atomic E-state index is 12.5. The van der Waals surface area contributed by atoms with Gasteiger partial charge in [-0.15, -0.1) is 11.3 Å². The minimum atomic E-state index is -0.426. The van der Waals surface area contributed by atoms with Crippen LogP contribution in [0, 0.1) is 11.8 Å². The Morgan fingerprint density at radius 3 is 2.54 bits per heavy atom. The molecule has 2 amide bonds. The Kier molecular flexibility index (Phi) is 5.25. The Balaban J connectivity index is 1.70. The lowest BCUT2D eigenvalue weighted by Gasteiger charge is -2.34. The van der Waals surface area contributed by atoms with Crippen molar-refractivity contribution in [1.29, 1.82) is 0 Å². The van der Waals surface area contributed by atoms with Gasteiger partial charge in [-0.1, -0.05) is 13.8 Å². The van der Waals surface area contributed by atoms with Crippen molar-refractivity contribution >= 4 is 28.2 Å². The number of rotatable bonds is 4. The fourth-order valence-electron chi connectivity index (χ4n) is 4.20. The van der Waals surface area contributed by atoms with Crippen LogP contribution in [-0.4, -0.2) is 36.3 Å². The average Bonchev–Trinajstić information content (AvgIpc) is 2.83. The number of thiophene rings is 1. The first-order chi connectivity index (χ1) is 11.4. The Bertz CT molecular complexity index is 630. The van der Waals surface area contributed by atoms with E-state index in [-0.39, 0.29) is 5.91 Å². The largest absolute Gasteiger partial charge is 0.365 e. The molecule has 5 nitrogen and oxygen atoms in total. The molecule has 1 aliphatic carbocycles. The summed E-state index contributed by atoms with van der Waals surface area (Å²) in [6, 6.07) is 0. The number of fused-ring (bicyclic) bond motifs is 1. The van der Waals surface area contributed by atoms with E-state index in [2.05, 4.69) is 24.1 Å². The molecule has 1 aromatic heterocycles. The van der Waals surface area contributed by atoms with Gasteiger partial charge in [0.25, 0.3) is 5.91 Å². The Morgan fingerprint density at radius 2 is 1.88 bits per heavy atom. The number of likely N-dealkylation sites (tertiary alicyclic amines) is 1. The first-order valence-electron chi connectivity index (χ1n) is 8.90. The fraction of sp³-hybridized carbons (Fsp3) is 0.667. The summed E-state index contributed by atoms with van der Waals surface area (Å²) in [6.45, 7) is 6.77. The molecule has 0 spiro atoms. The first-order valence-corrected chi connectivity index (χ1v) is 9.72. The standard InChI is InChI=1S/C18H27N3O2S/c1-11-7-12(2)9-21(8-11)10-15(22)20-18-16(17(19)23)13-5-3-4-6-14(13)24-18/h11-12H,3-10H2,1-2H3,(H2,19,23)(H,20,22)/t11-,12+. The van der Waals surface area contributed by atoms with Crippen LogP contribution in [0.3, 0.4) is 0 Å². The van der Waals surface area contributed by atoms with Gasteiger partial charge in [-0.3, -0.25) is 14.5 Å². The molecular formula is C18H27N3O2S. The van der Waals surface area contributed by atoms with Crippen molar-refractivity contribution in [2.75, 3.05) is 25.0 Å². The molecule has 2 aliphatic rings. The second kappa shape index (κ2) is 7.23. The lowest BCUT2D eigenvalue weighted by Crippen LogP contribution is -2.42. The number of hydrogen-bond donors (Lipinski definition) is 2. The van der Waals surface area contributed by atoms with Gasteiger partial charge in [-0.2, -0.15) is 0 Å². The van der Waals surface area contributed by atoms with Crippen molar-refractivity contribution in [2.24, 2.45) is 17.6 Å². The second-order valence-corrected chi connectivity index (χ2v) is 8.57. The van der Waals surface area contributed by atoms with Crippen LogP contribution in [0.4, 0.5) is 5.00 Å². The van der Waals surface area contributed by atoms with E-state index < -0.39 is 5.91 Å². The zero-order valence-electron chi connectivity index (χ0n) is 14.6. The zero-order valence-corrected chi connectivity index (χ0v) is 15.4. The van der Waals surface area contributed by atoms with E-state index in [0.717, 1.165) is 44.3 Å². The number of carbonyl (C=O) groups excluding carboxylic acids is 2. The number of aryl methyl sites for hydroxylation is 1. The molecule has 6 heteroatoms. The molecule has 132 valence electrons. The molecule has 1 aliphatic heterocycles. The molecule has 0 bridgehead atoms. The van der Waals surface area contributed by atoms with Gasteiger partial charge in [0.2, 0.25) is 5.91 Å². The summed E-state index contributed by atoms with van der Waals surface area (Å²) >= 11 is 1.53. The molecule has 0 saturated carbocycles. The predicted octanol–water partition coefficient (Wildman–Crippen LogP) is 2.64.